The zero-order valence-corrected chi connectivity index (χ0v) is 10.4. The summed E-state index contributed by atoms with van der Waals surface area (Å²) in [6.07, 6.45) is 3.14. The molecule has 0 aromatic carbocycles. The van der Waals surface area contributed by atoms with E-state index in [0.717, 1.165) is 32.4 Å². The van der Waals surface area contributed by atoms with Crippen LogP contribution < -0.4 is 10.6 Å². The number of amides is 1. The van der Waals surface area contributed by atoms with Gasteiger partial charge >= 0.3 is 0 Å². The lowest BCUT2D eigenvalue weighted by atomic mass is 9.95. The highest BCUT2D eigenvalue weighted by atomic mass is 16.5. The first kappa shape index (κ1) is 13.5. The van der Waals surface area contributed by atoms with Gasteiger partial charge in [0.05, 0.1) is 0 Å². The first-order chi connectivity index (χ1) is 7.74. The smallest absolute Gasteiger partial charge is 0.246 e. The Labute approximate surface area is 98.1 Å². The lowest BCUT2D eigenvalue weighted by Crippen LogP contribution is -2.49. The molecule has 2 N–H and O–H groups in total. The van der Waals surface area contributed by atoms with Gasteiger partial charge < -0.3 is 15.4 Å². The zero-order valence-electron chi connectivity index (χ0n) is 10.4. The van der Waals surface area contributed by atoms with Gasteiger partial charge in [0, 0.05) is 12.6 Å². The maximum atomic E-state index is 11.6. The van der Waals surface area contributed by atoms with Crippen molar-refractivity contribution in [3.63, 3.8) is 0 Å². The van der Waals surface area contributed by atoms with Crippen LogP contribution in [-0.4, -0.2) is 38.3 Å². The van der Waals surface area contributed by atoms with Crippen molar-refractivity contribution in [1.82, 2.24) is 10.6 Å². The second kappa shape index (κ2) is 7.63. The van der Waals surface area contributed by atoms with E-state index in [1.807, 2.05) is 0 Å². The van der Waals surface area contributed by atoms with Gasteiger partial charge in [0.15, 0.2) is 0 Å². The summed E-state index contributed by atoms with van der Waals surface area (Å²) < 4.78 is 5.28. The Kier molecular flexibility index (Phi) is 6.42. The van der Waals surface area contributed by atoms with Gasteiger partial charge in [0.1, 0.15) is 6.61 Å². The molecule has 16 heavy (non-hydrogen) atoms. The van der Waals surface area contributed by atoms with Gasteiger partial charge in [-0.05, 0) is 31.8 Å². The predicted octanol–water partition coefficient (Wildman–Crippen LogP) is 0.917. The summed E-state index contributed by atoms with van der Waals surface area (Å²) in [6, 6.07) is 0.309. The molecule has 1 heterocycles. The first-order valence-corrected chi connectivity index (χ1v) is 6.32. The van der Waals surface area contributed by atoms with E-state index >= 15 is 0 Å². The van der Waals surface area contributed by atoms with Crippen LogP contribution in [0.15, 0.2) is 0 Å². The van der Waals surface area contributed by atoms with Gasteiger partial charge in [-0.3, -0.25) is 4.79 Å². The summed E-state index contributed by atoms with van der Waals surface area (Å²) in [4.78, 5) is 11.6. The Bertz CT molecular complexity index is 209. The number of carbonyl (C=O) groups is 1. The molecule has 1 rings (SSSR count). The molecule has 4 nitrogen and oxygen atoms in total. The van der Waals surface area contributed by atoms with E-state index in [1.54, 1.807) is 0 Å². The molecule has 0 radical (unpaired) electrons. The van der Waals surface area contributed by atoms with Crippen LogP contribution in [0, 0.1) is 5.92 Å². The van der Waals surface area contributed by atoms with E-state index in [-0.39, 0.29) is 12.5 Å². The van der Waals surface area contributed by atoms with E-state index in [4.69, 9.17) is 4.74 Å². The minimum atomic E-state index is 0.0230. The molecule has 0 aromatic heterocycles. The molecule has 0 spiro atoms. The Hall–Kier alpha value is -0.610. The third kappa shape index (κ3) is 4.94. The van der Waals surface area contributed by atoms with E-state index in [9.17, 15) is 4.79 Å². The second-order valence-electron chi connectivity index (χ2n) is 4.55. The number of unbranched alkanes of at least 4 members (excludes halogenated alkanes) is 1. The monoisotopic (exact) mass is 228 g/mol. The third-order valence-corrected chi connectivity index (χ3v) is 3.01. The highest BCUT2D eigenvalue weighted by Gasteiger charge is 2.22. The summed E-state index contributed by atoms with van der Waals surface area (Å²) >= 11 is 0. The average Bonchev–Trinajstić information content (AvgIpc) is 2.28. The summed E-state index contributed by atoms with van der Waals surface area (Å²) in [6.45, 7) is 7.14. The molecule has 4 heteroatoms. The van der Waals surface area contributed by atoms with Crippen LogP contribution in [0.2, 0.25) is 0 Å². The number of hydrogen-bond acceptors (Lipinski definition) is 3. The Morgan fingerprint density at radius 1 is 1.56 bits per heavy atom. The van der Waals surface area contributed by atoms with Gasteiger partial charge in [-0.1, -0.05) is 20.3 Å². The minimum absolute atomic E-state index is 0.0230. The van der Waals surface area contributed by atoms with Crippen molar-refractivity contribution in [1.29, 1.82) is 0 Å². The molecule has 94 valence electrons. The van der Waals surface area contributed by atoms with Crippen LogP contribution >= 0.6 is 0 Å². The quantitative estimate of drug-likeness (QED) is 0.665. The van der Waals surface area contributed by atoms with Gasteiger partial charge in [-0.2, -0.15) is 0 Å². The van der Waals surface area contributed by atoms with Gasteiger partial charge in [-0.15, -0.1) is 0 Å². The minimum Gasteiger partial charge on any atom is -0.372 e. The van der Waals surface area contributed by atoms with Crippen LogP contribution in [0.25, 0.3) is 0 Å². The van der Waals surface area contributed by atoms with Crippen molar-refractivity contribution >= 4 is 5.91 Å². The van der Waals surface area contributed by atoms with Crippen molar-refractivity contribution in [2.24, 2.45) is 5.92 Å². The Balaban J connectivity index is 2.12. The van der Waals surface area contributed by atoms with Gasteiger partial charge in [0.2, 0.25) is 5.91 Å². The fraction of sp³-hybridized carbons (Fsp3) is 0.917. The van der Waals surface area contributed by atoms with Crippen molar-refractivity contribution in [2.75, 3.05) is 26.3 Å². The number of carbonyl (C=O) groups excluding carboxylic acids is 1. The van der Waals surface area contributed by atoms with E-state index in [2.05, 4.69) is 24.5 Å². The highest BCUT2D eigenvalue weighted by molar-refractivity contribution is 5.77. The lowest BCUT2D eigenvalue weighted by Gasteiger charge is -2.30. The van der Waals surface area contributed by atoms with Crippen molar-refractivity contribution in [2.45, 2.75) is 39.2 Å². The fourth-order valence-electron chi connectivity index (χ4n) is 1.89. The summed E-state index contributed by atoms with van der Waals surface area (Å²) in [5.74, 6) is 0.531. The number of piperidine rings is 1. The molecule has 2 atom stereocenters. The molecule has 0 bridgehead atoms. The van der Waals surface area contributed by atoms with Crippen LogP contribution in [-0.2, 0) is 9.53 Å². The number of ether oxygens (including phenoxy) is 1. The molecule has 1 amide bonds. The van der Waals surface area contributed by atoms with E-state index in [1.165, 1.54) is 0 Å². The largest absolute Gasteiger partial charge is 0.372 e. The molecule has 1 fully saturated rings. The zero-order chi connectivity index (χ0) is 11.8. The molecule has 0 aliphatic carbocycles. The standard InChI is InChI=1S/C12H24N2O2/c1-3-4-7-16-9-12(15)14-11-5-6-13-8-10(11)2/h10-11,13H,3-9H2,1-2H3,(H,14,15). The lowest BCUT2D eigenvalue weighted by molar-refractivity contribution is -0.126. The molecule has 1 aliphatic heterocycles. The number of rotatable bonds is 6. The molecule has 0 aromatic rings. The van der Waals surface area contributed by atoms with Crippen LogP contribution in [0.3, 0.4) is 0 Å². The van der Waals surface area contributed by atoms with Crippen molar-refractivity contribution < 1.29 is 9.53 Å². The van der Waals surface area contributed by atoms with Crippen molar-refractivity contribution in [3.05, 3.63) is 0 Å². The highest BCUT2D eigenvalue weighted by Crippen LogP contribution is 2.09. The van der Waals surface area contributed by atoms with E-state index in [0.29, 0.717) is 18.6 Å². The van der Waals surface area contributed by atoms with Crippen LogP contribution in [0.5, 0.6) is 0 Å². The third-order valence-electron chi connectivity index (χ3n) is 3.01. The first-order valence-electron chi connectivity index (χ1n) is 6.32. The Morgan fingerprint density at radius 3 is 3.06 bits per heavy atom. The summed E-state index contributed by atoms with van der Waals surface area (Å²) in [5, 5.41) is 6.36. The topological polar surface area (TPSA) is 50.4 Å². The summed E-state index contributed by atoms with van der Waals surface area (Å²) in [5.41, 5.74) is 0. The maximum absolute atomic E-state index is 11.6. The number of nitrogens with one attached hydrogen (secondary N) is 2. The second-order valence-corrected chi connectivity index (χ2v) is 4.55. The molecular weight excluding hydrogens is 204 g/mol. The molecule has 2 unspecified atom stereocenters. The van der Waals surface area contributed by atoms with E-state index < -0.39 is 0 Å². The average molecular weight is 228 g/mol. The molecular formula is C12H24N2O2. The maximum Gasteiger partial charge on any atom is 0.246 e. The van der Waals surface area contributed by atoms with Crippen LogP contribution in [0.1, 0.15) is 33.1 Å². The normalized spacial score (nSPS) is 25.4. The summed E-state index contributed by atoms with van der Waals surface area (Å²) in [7, 11) is 0. The molecule has 0 saturated carbocycles. The SMILES string of the molecule is CCCCOCC(=O)NC1CCNCC1C. The molecule has 1 aliphatic rings. The molecule has 1 saturated heterocycles. The predicted molar refractivity (Wildman–Crippen MR) is 64.3 cm³/mol. The Morgan fingerprint density at radius 2 is 2.38 bits per heavy atom. The fourth-order valence-corrected chi connectivity index (χ4v) is 1.89. The van der Waals surface area contributed by atoms with Crippen molar-refractivity contribution in [3.8, 4) is 0 Å². The van der Waals surface area contributed by atoms with Gasteiger partial charge in [-0.25, -0.2) is 0 Å². The van der Waals surface area contributed by atoms with Crippen LogP contribution in [0.4, 0.5) is 0 Å². The number of hydrogen-bond donors (Lipinski definition) is 2. The van der Waals surface area contributed by atoms with Gasteiger partial charge in [0.25, 0.3) is 0 Å².